The fourth-order valence-electron chi connectivity index (χ4n) is 0.750. The van der Waals surface area contributed by atoms with Crippen molar-refractivity contribution in [2.45, 2.75) is 0 Å². The number of nitrogens with zero attached hydrogens (tertiary/aromatic N) is 2. The minimum absolute atomic E-state index is 0.101. The molecule has 4 heteroatoms. The van der Waals surface area contributed by atoms with Gasteiger partial charge in [-0.05, 0) is 0 Å². The predicted molar refractivity (Wildman–Crippen MR) is 42.6 cm³/mol. The lowest BCUT2D eigenvalue weighted by Crippen LogP contribution is -2.47. The zero-order chi connectivity index (χ0) is 8.43. The number of anilines is 1. The molecule has 0 aliphatic carbocycles. The molecular formula is C7H12N3O+. The van der Waals surface area contributed by atoms with Crippen LogP contribution in [0.25, 0.3) is 0 Å². The van der Waals surface area contributed by atoms with Gasteiger partial charge < -0.3 is 4.90 Å². The molecule has 0 bridgehead atoms. The first-order valence-electron chi connectivity index (χ1n) is 3.37. The highest BCUT2D eigenvalue weighted by molar-refractivity contribution is 5.32. The lowest BCUT2D eigenvalue weighted by atomic mass is 10.5. The second kappa shape index (κ2) is 2.74. The Morgan fingerprint density at radius 2 is 2.18 bits per heavy atom. The molecule has 60 valence electrons. The molecule has 1 aromatic heterocycles. The van der Waals surface area contributed by atoms with Crippen molar-refractivity contribution in [1.82, 2.24) is 4.98 Å². The fraction of sp³-hybridized carbons (Fsp3) is 0.429. The Morgan fingerprint density at radius 1 is 1.55 bits per heavy atom. The highest BCUT2D eigenvalue weighted by Crippen LogP contribution is 1.98. The van der Waals surface area contributed by atoms with Gasteiger partial charge in [-0.1, -0.05) is 0 Å². The molecule has 0 radical (unpaired) electrons. The zero-order valence-corrected chi connectivity index (χ0v) is 6.96. The Balaban J connectivity index is 3.16. The first kappa shape index (κ1) is 7.78. The van der Waals surface area contributed by atoms with E-state index in [0.29, 0.717) is 0 Å². The Bertz CT molecular complexity index is 303. The molecule has 1 rings (SSSR count). The minimum atomic E-state index is -0.101. The van der Waals surface area contributed by atoms with E-state index in [-0.39, 0.29) is 5.69 Å². The first-order valence-corrected chi connectivity index (χ1v) is 3.37. The van der Waals surface area contributed by atoms with E-state index >= 15 is 0 Å². The SMILES string of the molecule is CN(C)c1cc[n+](C)c(=O)[nH]1. The smallest absolute Gasteiger partial charge is 0.345 e. The van der Waals surface area contributed by atoms with Crippen LogP contribution in [-0.2, 0) is 7.05 Å². The van der Waals surface area contributed by atoms with Crippen LogP contribution in [0.5, 0.6) is 0 Å². The average Bonchev–Trinajstić information content (AvgIpc) is 1.94. The number of aromatic nitrogens is 2. The van der Waals surface area contributed by atoms with Crippen molar-refractivity contribution >= 4 is 5.82 Å². The molecule has 4 nitrogen and oxygen atoms in total. The third-order valence-corrected chi connectivity index (χ3v) is 1.49. The van der Waals surface area contributed by atoms with E-state index in [2.05, 4.69) is 4.98 Å². The summed E-state index contributed by atoms with van der Waals surface area (Å²) in [5, 5.41) is 0. The number of hydrogen-bond donors (Lipinski definition) is 1. The number of H-pyrrole nitrogens is 1. The summed E-state index contributed by atoms with van der Waals surface area (Å²) in [6.07, 6.45) is 1.73. The van der Waals surface area contributed by atoms with Crippen LogP contribution in [0.1, 0.15) is 0 Å². The lowest BCUT2D eigenvalue weighted by Gasteiger charge is -2.06. The van der Waals surface area contributed by atoms with Crippen LogP contribution in [0.15, 0.2) is 17.1 Å². The molecule has 0 aromatic carbocycles. The van der Waals surface area contributed by atoms with Crippen molar-refractivity contribution in [3.8, 4) is 0 Å². The molecule has 0 saturated heterocycles. The van der Waals surface area contributed by atoms with Crippen molar-refractivity contribution in [1.29, 1.82) is 0 Å². The summed E-state index contributed by atoms with van der Waals surface area (Å²) in [5.41, 5.74) is -0.101. The topological polar surface area (TPSA) is 40.0 Å². The Morgan fingerprint density at radius 3 is 2.64 bits per heavy atom. The van der Waals surface area contributed by atoms with Crippen molar-refractivity contribution in [2.75, 3.05) is 19.0 Å². The normalized spacial score (nSPS) is 9.73. The number of aromatic amines is 1. The van der Waals surface area contributed by atoms with E-state index in [9.17, 15) is 4.79 Å². The molecule has 0 amide bonds. The van der Waals surface area contributed by atoms with Gasteiger partial charge in [-0.3, -0.25) is 0 Å². The number of nitrogens with one attached hydrogen (secondary N) is 1. The van der Waals surface area contributed by atoms with E-state index in [1.54, 1.807) is 13.2 Å². The van der Waals surface area contributed by atoms with Gasteiger partial charge in [0.1, 0.15) is 0 Å². The van der Waals surface area contributed by atoms with E-state index in [1.807, 2.05) is 25.1 Å². The number of aryl methyl sites for hydroxylation is 1. The zero-order valence-electron chi connectivity index (χ0n) is 6.96. The van der Waals surface area contributed by atoms with E-state index in [1.165, 1.54) is 4.57 Å². The van der Waals surface area contributed by atoms with Crippen molar-refractivity contribution < 1.29 is 4.57 Å². The molecule has 0 atom stereocenters. The summed E-state index contributed by atoms with van der Waals surface area (Å²) >= 11 is 0. The second-order valence-corrected chi connectivity index (χ2v) is 2.64. The fourth-order valence-corrected chi connectivity index (χ4v) is 0.750. The summed E-state index contributed by atoms with van der Waals surface area (Å²) in [6, 6.07) is 1.85. The number of rotatable bonds is 1. The molecule has 0 aliphatic rings. The monoisotopic (exact) mass is 154 g/mol. The Hall–Kier alpha value is -1.32. The molecule has 1 heterocycles. The van der Waals surface area contributed by atoms with Crippen molar-refractivity contribution in [2.24, 2.45) is 7.05 Å². The lowest BCUT2D eigenvalue weighted by molar-refractivity contribution is -0.689. The predicted octanol–water partition coefficient (Wildman–Crippen LogP) is -0.735. The summed E-state index contributed by atoms with van der Waals surface area (Å²) in [5.74, 6) is 0.813. The van der Waals surface area contributed by atoms with Crippen LogP contribution in [0.2, 0.25) is 0 Å². The maximum atomic E-state index is 11.0. The summed E-state index contributed by atoms with van der Waals surface area (Å²) in [4.78, 5) is 15.6. The van der Waals surface area contributed by atoms with Crippen LogP contribution in [-0.4, -0.2) is 19.1 Å². The van der Waals surface area contributed by atoms with Gasteiger partial charge in [0.15, 0.2) is 0 Å². The third-order valence-electron chi connectivity index (χ3n) is 1.49. The van der Waals surface area contributed by atoms with Crippen LogP contribution in [0.4, 0.5) is 5.82 Å². The van der Waals surface area contributed by atoms with Crippen molar-refractivity contribution in [3.63, 3.8) is 0 Å². The summed E-state index contributed by atoms with van der Waals surface area (Å²) in [6.45, 7) is 0. The minimum Gasteiger partial charge on any atom is -0.345 e. The molecule has 11 heavy (non-hydrogen) atoms. The van der Waals surface area contributed by atoms with Crippen LogP contribution >= 0.6 is 0 Å². The van der Waals surface area contributed by atoms with Crippen LogP contribution < -0.4 is 15.2 Å². The highest BCUT2D eigenvalue weighted by atomic mass is 16.1. The Kier molecular flexibility index (Phi) is 1.94. The molecule has 1 aromatic rings. The molecule has 0 unspecified atom stereocenters. The molecular weight excluding hydrogens is 142 g/mol. The molecule has 0 aliphatic heterocycles. The quantitative estimate of drug-likeness (QED) is 0.541. The Labute approximate surface area is 65.1 Å². The molecule has 1 N–H and O–H groups in total. The second-order valence-electron chi connectivity index (χ2n) is 2.64. The first-order chi connectivity index (χ1) is 5.11. The largest absolute Gasteiger partial charge is 0.497 e. The third kappa shape index (κ3) is 1.58. The standard InChI is InChI=1S/C7H11N3O/c1-9(2)6-4-5-10(3)7(11)8-6/h4-5H,1-3H3/p+1. The van der Waals surface area contributed by atoms with Gasteiger partial charge in [0.05, 0.1) is 13.2 Å². The van der Waals surface area contributed by atoms with Gasteiger partial charge >= 0.3 is 5.69 Å². The van der Waals surface area contributed by atoms with Gasteiger partial charge in [-0.25, -0.2) is 4.57 Å². The summed E-state index contributed by atoms with van der Waals surface area (Å²) in [7, 11) is 5.47. The van der Waals surface area contributed by atoms with Gasteiger partial charge in [-0.2, -0.15) is 9.78 Å². The summed E-state index contributed by atoms with van der Waals surface area (Å²) < 4.78 is 1.49. The van der Waals surface area contributed by atoms with Gasteiger partial charge in [0.25, 0.3) is 0 Å². The van der Waals surface area contributed by atoms with Crippen molar-refractivity contribution in [3.05, 3.63) is 22.7 Å². The van der Waals surface area contributed by atoms with E-state index in [0.717, 1.165) is 5.82 Å². The maximum Gasteiger partial charge on any atom is 0.497 e. The maximum absolute atomic E-state index is 11.0. The molecule has 0 saturated carbocycles. The number of hydrogen-bond acceptors (Lipinski definition) is 2. The van der Waals surface area contributed by atoms with Gasteiger partial charge in [0.2, 0.25) is 5.82 Å². The molecule has 0 fully saturated rings. The van der Waals surface area contributed by atoms with E-state index < -0.39 is 0 Å². The van der Waals surface area contributed by atoms with Crippen LogP contribution in [0, 0.1) is 0 Å². The highest BCUT2D eigenvalue weighted by Gasteiger charge is 2.03. The van der Waals surface area contributed by atoms with Crippen LogP contribution in [0.3, 0.4) is 0 Å². The molecule has 0 spiro atoms. The van der Waals surface area contributed by atoms with E-state index in [4.69, 9.17) is 0 Å². The van der Waals surface area contributed by atoms with Gasteiger partial charge in [0, 0.05) is 20.2 Å². The van der Waals surface area contributed by atoms with Gasteiger partial charge in [-0.15, -0.1) is 0 Å². The average molecular weight is 154 g/mol.